The lowest BCUT2D eigenvalue weighted by molar-refractivity contribution is 0.313. The van der Waals surface area contributed by atoms with Crippen LogP contribution >= 0.6 is 11.5 Å². The molecule has 1 heterocycles. The number of anilines is 1. The van der Waals surface area contributed by atoms with Crippen LogP contribution < -0.4 is 5.32 Å². The summed E-state index contributed by atoms with van der Waals surface area (Å²) in [5.41, 5.74) is 1.10. The van der Waals surface area contributed by atoms with Gasteiger partial charge in [-0.1, -0.05) is 11.4 Å². The van der Waals surface area contributed by atoms with Crippen LogP contribution in [-0.4, -0.2) is 34.1 Å². The van der Waals surface area contributed by atoms with Crippen LogP contribution in [0.4, 0.5) is 5.00 Å². The van der Waals surface area contributed by atoms with Gasteiger partial charge >= 0.3 is 0 Å². The zero-order chi connectivity index (χ0) is 10.7. The SMILES string of the molecule is CCCNc1snnc1CN(C)C1CC1. The smallest absolute Gasteiger partial charge is 0.134 e. The normalized spacial score (nSPS) is 15.9. The number of rotatable bonds is 6. The first kappa shape index (κ1) is 10.8. The number of nitrogens with zero attached hydrogens (tertiary/aromatic N) is 3. The standard InChI is InChI=1S/C10H18N4S/c1-3-6-11-10-9(12-13-15-10)7-14(2)8-4-5-8/h8,11H,3-7H2,1-2H3. The van der Waals surface area contributed by atoms with Crippen molar-refractivity contribution in [3.05, 3.63) is 5.69 Å². The highest BCUT2D eigenvalue weighted by molar-refractivity contribution is 7.10. The van der Waals surface area contributed by atoms with E-state index in [1.54, 1.807) is 0 Å². The van der Waals surface area contributed by atoms with E-state index in [9.17, 15) is 0 Å². The molecule has 0 saturated heterocycles. The molecule has 0 radical (unpaired) electrons. The zero-order valence-electron chi connectivity index (χ0n) is 9.36. The molecule has 1 aliphatic rings. The van der Waals surface area contributed by atoms with Gasteiger partial charge in [0.15, 0.2) is 0 Å². The lowest BCUT2D eigenvalue weighted by atomic mass is 10.4. The molecule has 0 bridgehead atoms. The minimum absolute atomic E-state index is 0.783. The summed E-state index contributed by atoms with van der Waals surface area (Å²) in [6.45, 7) is 4.09. The Morgan fingerprint density at radius 1 is 1.53 bits per heavy atom. The maximum absolute atomic E-state index is 4.18. The topological polar surface area (TPSA) is 41.1 Å². The third-order valence-electron chi connectivity index (χ3n) is 2.66. The van der Waals surface area contributed by atoms with E-state index in [1.165, 1.54) is 24.4 Å². The molecule has 1 saturated carbocycles. The van der Waals surface area contributed by atoms with Gasteiger partial charge in [0.25, 0.3) is 0 Å². The fourth-order valence-electron chi connectivity index (χ4n) is 1.57. The molecule has 0 aliphatic heterocycles. The quantitative estimate of drug-likeness (QED) is 0.805. The second-order valence-corrected chi connectivity index (χ2v) is 4.88. The molecule has 1 fully saturated rings. The maximum Gasteiger partial charge on any atom is 0.134 e. The highest BCUT2D eigenvalue weighted by Crippen LogP contribution is 2.28. The van der Waals surface area contributed by atoms with Crippen molar-refractivity contribution in [1.82, 2.24) is 14.5 Å². The fraction of sp³-hybridized carbons (Fsp3) is 0.800. The lowest BCUT2D eigenvalue weighted by Crippen LogP contribution is -2.20. The van der Waals surface area contributed by atoms with Crippen molar-refractivity contribution in [2.75, 3.05) is 18.9 Å². The molecule has 0 amide bonds. The van der Waals surface area contributed by atoms with Crippen LogP contribution in [0.5, 0.6) is 0 Å². The Morgan fingerprint density at radius 3 is 3.00 bits per heavy atom. The van der Waals surface area contributed by atoms with Crippen molar-refractivity contribution in [1.29, 1.82) is 0 Å². The highest BCUT2D eigenvalue weighted by atomic mass is 32.1. The summed E-state index contributed by atoms with van der Waals surface area (Å²) in [4.78, 5) is 2.37. The summed E-state index contributed by atoms with van der Waals surface area (Å²) >= 11 is 1.46. The predicted molar refractivity (Wildman–Crippen MR) is 63.2 cm³/mol. The average Bonchev–Trinajstić information content (AvgIpc) is 2.99. The lowest BCUT2D eigenvalue weighted by Gasteiger charge is -2.14. The number of nitrogens with one attached hydrogen (secondary N) is 1. The van der Waals surface area contributed by atoms with Gasteiger partial charge in [-0.3, -0.25) is 4.90 Å². The molecule has 2 rings (SSSR count). The van der Waals surface area contributed by atoms with Gasteiger partial charge in [0, 0.05) is 30.7 Å². The van der Waals surface area contributed by atoms with Gasteiger partial charge in [0.1, 0.15) is 10.7 Å². The molecule has 5 heteroatoms. The Labute approximate surface area is 94.8 Å². The van der Waals surface area contributed by atoms with Gasteiger partial charge in [0.05, 0.1) is 0 Å². The second-order valence-electron chi connectivity index (χ2n) is 4.12. The third kappa shape index (κ3) is 2.89. The molecule has 1 aromatic rings. The predicted octanol–water partition coefficient (Wildman–Crippen LogP) is 1.95. The molecule has 1 N–H and O–H groups in total. The van der Waals surface area contributed by atoms with Gasteiger partial charge in [0.2, 0.25) is 0 Å². The van der Waals surface area contributed by atoms with Crippen LogP contribution in [0, 0.1) is 0 Å². The molecule has 0 spiro atoms. The van der Waals surface area contributed by atoms with Crippen LogP contribution in [0.3, 0.4) is 0 Å². The first-order valence-corrected chi connectivity index (χ1v) is 6.34. The fourth-order valence-corrected chi connectivity index (χ4v) is 2.16. The van der Waals surface area contributed by atoms with Crippen molar-refractivity contribution < 1.29 is 0 Å². The Morgan fingerprint density at radius 2 is 2.33 bits per heavy atom. The van der Waals surface area contributed by atoms with Crippen LogP contribution in [-0.2, 0) is 6.54 Å². The highest BCUT2D eigenvalue weighted by Gasteiger charge is 2.27. The Kier molecular flexibility index (Phi) is 3.53. The van der Waals surface area contributed by atoms with Crippen LogP contribution in [0.2, 0.25) is 0 Å². The Balaban J connectivity index is 1.91. The molecule has 1 aliphatic carbocycles. The monoisotopic (exact) mass is 226 g/mol. The van der Waals surface area contributed by atoms with Gasteiger partial charge < -0.3 is 5.32 Å². The molecule has 1 aromatic heterocycles. The van der Waals surface area contributed by atoms with E-state index in [2.05, 4.69) is 33.8 Å². The largest absolute Gasteiger partial charge is 0.374 e. The molecule has 84 valence electrons. The Hall–Kier alpha value is -0.680. The summed E-state index contributed by atoms with van der Waals surface area (Å²) in [6, 6.07) is 0.783. The molecular weight excluding hydrogens is 208 g/mol. The number of hydrogen-bond donors (Lipinski definition) is 1. The summed E-state index contributed by atoms with van der Waals surface area (Å²) in [5.74, 6) is 0. The molecule has 0 unspecified atom stereocenters. The van der Waals surface area contributed by atoms with Gasteiger partial charge in [-0.05, 0) is 26.3 Å². The number of aromatic nitrogens is 2. The van der Waals surface area contributed by atoms with Gasteiger partial charge in [-0.25, -0.2) is 0 Å². The molecule has 0 atom stereocenters. The number of hydrogen-bond acceptors (Lipinski definition) is 5. The van der Waals surface area contributed by atoms with Crippen molar-refractivity contribution >= 4 is 16.5 Å². The van der Waals surface area contributed by atoms with E-state index in [0.29, 0.717) is 0 Å². The third-order valence-corrected chi connectivity index (χ3v) is 3.39. The first-order valence-electron chi connectivity index (χ1n) is 5.56. The van der Waals surface area contributed by atoms with E-state index in [0.717, 1.165) is 36.2 Å². The van der Waals surface area contributed by atoms with Crippen molar-refractivity contribution in [2.24, 2.45) is 0 Å². The van der Waals surface area contributed by atoms with Gasteiger partial charge in [-0.15, -0.1) is 5.10 Å². The van der Waals surface area contributed by atoms with E-state index in [4.69, 9.17) is 0 Å². The summed E-state index contributed by atoms with van der Waals surface area (Å²) in [5, 5.41) is 8.70. The maximum atomic E-state index is 4.18. The van der Waals surface area contributed by atoms with Crippen LogP contribution in [0.25, 0.3) is 0 Å². The van der Waals surface area contributed by atoms with E-state index < -0.39 is 0 Å². The van der Waals surface area contributed by atoms with Crippen molar-refractivity contribution in [3.8, 4) is 0 Å². The van der Waals surface area contributed by atoms with Crippen LogP contribution in [0.1, 0.15) is 31.9 Å². The molecule has 15 heavy (non-hydrogen) atoms. The summed E-state index contributed by atoms with van der Waals surface area (Å²) < 4.78 is 4.01. The van der Waals surface area contributed by atoms with Crippen LogP contribution in [0.15, 0.2) is 0 Å². The van der Waals surface area contributed by atoms with E-state index >= 15 is 0 Å². The van der Waals surface area contributed by atoms with E-state index in [-0.39, 0.29) is 0 Å². The summed E-state index contributed by atoms with van der Waals surface area (Å²) in [7, 11) is 2.17. The van der Waals surface area contributed by atoms with Gasteiger partial charge in [-0.2, -0.15) is 0 Å². The minimum atomic E-state index is 0.783. The minimum Gasteiger partial charge on any atom is -0.374 e. The molecular formula is C10H18N4S. The molecule has 4 nitrogen and oxygen atoms in total. The van der Waals surface area contributed by atoms with Crippen molar-refractivity contribution in [2.45, 2.75) is 38.8 Å². The molecule has 0 aromatic carbocycles. The second kappa shape index (κ2) is 4.90. The average molecular weight is 226 g/mol. The van der Waals surface area contributed by atoms with E-state index in [1.807, 2.05) is 0 Å². The Bertz CT molecular complexity index is 308. The van der Waals surface area contributed by atoms with Crippen molar-refractivity contribution in [3.63, 3.8) is 0 Å². The summed E-state index contributed by atoms with van der Waals surface area (Å²) in [6.07, 6.45) is 3.81. The first-order chi connectivity index (χ1) is 7.31. The zero-order valence-corrected chi connectivity index (χ0v) is 10.2.